The van der Waals surface area contributed by atoms with Crippen LogP contribution < -0.4 is 62.7 Å². The fourth-order valence-corrected chi connectivity index (χ4v) is 20.7. The summed E-state index contributed by atoms with van der Waals surface area (Å²) >= 11 is -0.296. The van der Waals surface area contributed by atoms with Gasteiger partial charge in [0.25, 0.3) is 0 Å². The number of fused-ring (bicyclic) bond motifs is 3. The SMILES string of the molecule is c1ccc([Si](c2ccccc2)(c2ccccc2)c2ccc3c(c2)-c2cc([Si](c4ccccc4)(c4ccccc4)c4ccccc4)ccc2[I-]3)cc1. The Morgan fingerprint density at radius 1 is 0.235 bits per heavy atom. The van der Waals surface area contributed by atoms with E-state index in [2.05, 4.69) is 218 Å². The third-order valence-corrected chi connectivity index (χ3v) is 23.1. The molecule has 3 heteroatoms. The number of benzene rings is 8. The predicted molar refractivity (Wildman–Crippen MR) is 217 cm³/mol. The van der Waals surface area contributed by atoms with Crippen LogP contribution in [0.5, 0.6) is 0 Å². The quantitative estimate of drug-likeness (QED) is 0.126. The van der Waals surface area contributed by atoms with E-state index in [1.165, 1.54) is 59.8 Å². The number of hydrogen-bond donors (Lipinski definition) is 0. The van der Waals surface area contributed by atoms with E-state index < -0.39 is 16.1 Å². The molecule has 0 saturated carbocycles. The van der Waals surface area contributed by atoms with Gasteiger partial charge in [0.15, 0.2) is 0 Å². The van der Waals surface area contributed by atoms with Crippen molar-refractivity contribution in [1.29, 1.82) is 0 Å². The first-order chi connectivity index (χ1) is 25.3. The van der Waals surface area contributed by atoms with Crippen molar-refractivity contribution in [1.82, 2.24) is 0 Å². The molecule has 0 aliphatic carbocycles. The van der Waals surface area contributed by atoms with Gasteiger partial charge in [0, 0.05) is 0 Å². The Kier molecular flexibility index (Phi) is 8.48. The molecule has 0 bridgehead atoms. The zero-order valence-electron chi connectivity index (χ0n) is 28.2. The van der Waals surface area contributed by atoms with Gasteiger partial charge in [-0.15, -0.1) is 0 Å². The molecular formula is C48H36ISi2-. The van der Waals surface area contributed by atoms with Crippen LogP contribution in [-0.2, 0) is 0 Å². The van der Waals surface area contributed by atoms with Crippen molar-refractivity contribution < 1.29 is 21.2 Å². The van der Waals surface area contributed by atoms with Crippen molar-refractivity contribution in [3.05, 3.63) is 226 Å². The minimum absolute atomic E-state index is 0.296. The van der Waals surface area contributed by atoms with Crippen LogP contribution in [0.25, 0.3) is 11.1 Å². The summed E-state index contributed by atoms with van der Waals surface area (Å²) in [5.74, 6) is 0. The monoisotopic (exact) mass is 795 g/mol. The molecule has 0 spiro atoms. The number of hydrogen-bond acceptors (Lipinski definition) is 0. The molecule has 9 rings (SSSR count). The van der Waals surface area contributed by atoms with E-state index in [-0.39, 0.29) is 21.2 Å². The third-order valence-electron chi connectivity index (χ3n) is 10.5. The Bertz CT molecular complexity index is 2050. The topological polar surface area (TPSA) is 0 Å². The predicted octanol–water partition coefficient (Wildman–Crippen LogP) is 2.55. The average Bonchev–Trinajstić information content (AvgIpc) is 3.59. The average molecular weight is 796 g/mol. The van der Waals surface area contributed by atoms with Crippen molar-refractivity contribution in [2.45, 2.75) is 0 Å². The zero-order chi connectivity index (χ0) is 34.1. The summed E-state index contributed by atoms with van der Waals surface area (Å²) in [5.41, 5.74) is 2.85. The molecule has 51 heavy (non-hydrogen) atoms. The maximum absolute atomic E-state index is 2.65. The van der Waals surface area contributed by atoms with E-state index in [1.807, 2.05) is 0 Å². The first-order valence-electron chi connectivity index (χ1n) is 17.6. The van der Waals surface area contributed by atoms with E-state index in [1.54, 1.807) is 0 Å². The van der Waals surface area contributed by atoms with Crippen molar-refractivity contribution in [3.8, 4) is 11.1 Å². The van der Waals surface area contributed by atoms with Crippen LogP contribution >= 0.6 is 0 Å². The summed E-state index contributed by atoms with van der Waals surface area (Å²) in [5, 5.41) is 11.3. The van der Waals surface area contributed by atoms with Gasteiger partial charge >= 0.3 is 316 Å². The molecule has 1 heterocycles. The molecule has 0 atom stereocenters. The summed E-state index contributed by atoms with van der Waals surface area (Å²) in [6.07, 6.45) is 0. The molecule has 0 nitrogen and oxygen atoms in total. The van der Waals surface area contributed by atoms with Crippen molar-refractivity contribution in [2.24, 2.45) is 0 Å². The van der Waals surface area contributed by atoms with Crippen molar-refractivity contribution >= 4 is 57.6 Å². The van der Waals surface area contributed by atoms with Gasteiger partial charge in [-0.1, -0.05) is 0 Å². The number of halogens is 1. The summed E-state index contributed by atoms with van der Waals surface area (Å²) in [4.78, 5) is 0. The normalized spacial score (nSPS) is 12.4. The van der Waals surface area contributed by atoms with Crippen LogP contribution in [0.4, 0.5) is 0 Å². The maximum atomic E-state index is 2.60. The molecule has 1 aliphatic rings. The fourth-order valence-electron chi connectivity index (χ4n) is 8.33. The number of rotatable bonds is 8. The van der Waals surface area contributed by atoms with Gasteiger partial charge in [-0.2, -0.15) is 0 Å². The van der Waals surface area contributed by atoms with Crippen LogP contribution in [0.3, 0.4) is 0 Å². The second-order valence-electron chi connectivity index (χ2n) is 13.2. The van der Waals surface area contributed by atoms with E-state index in [0.717, 1.165) is 0 Å². The third kappa shape index (κ3) is 5.30. The van der Waals surface area contributed by atoms with E-state index >= 15 is 0 Å². The molecule has 0 aromatic heterocycles. The minimum atomic E-state index is -2.65. The van der Waals surface area contributed by atoms with Gasteiger partial charge in [0.05, 0.1) is 0 Å². The Morgan fingerprint density at radius 3 is 0.706 bits per heavy atom. The van der Waals surface area contributed by atoms with Gasteiger partial charge in [0.2, 0.25) is 0 Å². The molecule has 0 amide bonds. The van der Waals surface area contributed by atoms with E-state index in [9.17, 15) is 0 Å². The van der Waals surface area contributed by atoms with Crippen LogP contribution in [0.15, 0.2) is 218 Å². The van der Waals surface area contributed by atoms with Crippen LogP contribution in [0.1, 0.15) is 0 Å². The molecule has 8 aromatic rings. The summed E-state index contributed by atoms with van der Waals surface area (Å²) in [6.45, 7) is 0. The van der Waals surface area contributed by atoms with Gasteiger partial charge in [-0.25, -0.2) is 0 Å². The van der Waals surface area contributed by atoms with Crippen LogP contribution in [-0.4, -0.2) is 16.1 Å². The van der Waals surface area contributed by atoms with Gasteiger partial charge in [-0.3, -0.25) is 0 Å². The van der Waals surface area contributed by atoms with Crippen molar-refractivity contribution in [2.75, 3.05) is 0 Å². The summed E-state index contributed by atoms with van der Waals surface area (Å²) in [7, 11) is -5.30. The van der Waals surface area contributed by atoms with Gasteiger partial charge < -0.3 is 0 Å². The second kappa shape index (κ2) is 13.6. The molecule has 0 radical (unpaired) electrons. The molecule has 1 aliphatic heterocycles. The zero-order valence-corrected chi connectivity index (χ0v) is 32.3. The fraction of sp³-hybridized carbons (Fsp3) is 0. The molecular weight excluding hydrogens is 760 g/mol. The Morgan fingerprint density at radius 2 is 0.471 bits per heavy atom. The summed E-state index contributed by atoms with van der Waals surface area (Å²) < 4.78 is 3.04. The molecule has 244 valence electrons. The van der Waals surface area contributed by atoms with Crippen molar-refractivity contribution in [3.63, 3.8) is 0 Å². The Labute approximate surface area is 313 Å². The second-order valence-corrected chi connectivity index (χ2v) is 23.7. The molecule has 8 aromatic carbocycles. The van der Waals surface area contributed by atoms with Gasteiger partial charge in [0.1, 0.15) is 0 Å². The van der Waals surface area contributed by atoms with E-state index in [4.69, 9.17) is 0 Å². The molecule has 0 fully saturated rings. The molecule has 0 unspecified atom stereocenters. The van der Waals surface area contributed by atoms with Gasteiger partial charge in [-0.05, 0) is 0 Å². The van der Waals surface area contributed by atoms with Crippen LogP contribution in [0.2, 0.25) is 0 Å². The first kappa shape index (κ1) is 31.9. The Balaban J connectivity index is 1.31. The van der Waals surface area contributed by atoms with Crippen LogP contribution in [0, 0.1) is 7.14 Å². The van der Waals surface area contributed by atoms with E-state index in [0.29, 0.717) is 0 Å². The molecule has 0 N–H and O–H groups in total. The Hall–Kier alpha value is -5.08. The first-order valence-corrected chi connectivity index (χ1v) is 23.7. The summed E-state index contributed by atoms with van der Waals surface area (Å²) in [6, 6.07) is 82.8. The molecule has 0 saturated heterocycles. The standard InChI is InChI=1S/C48H36ISi2/c1-7-19-37(20-8-1)50(38-21-9-2-10-22-38,39-23-11-3-12-24-39)43-31-33-47-45(35-43)46-36-44(32-34-48(46)49-47)51(40-25-13-4-14-26-40,41-27-15-5-16-28-41)42-29-17-6-18-30-42/h1-36H/q-1.